The number of benzene rings is 2. The van der Waals surface area contributed by atoms with Gasteiger partial charge < -0.3 is 24.8 Å². The second-order valence-electron chi connectivity index (χ2n) is 20.6. The SMILES string of the molecule is CC(=O)N1CCN(C2CC3(CCN(c4ccc(C(=O)NS(=O)(=O)c5cnc(NCC6CCC(C)(C)CC6)c([N+](=O)[O-])c5)c(Oc5cnc6[nH]ccc6c5)c4)CC3)C2)[C@@H](c2ccccc2C(C)C)C1. The van der Waals surface area contributed by atoms with Crippen molar-refractivity contribution in [2.45, 2.75) is 109 Å². The number of aromatic amines is 1. The molecule has 2 amide bonds. The highest BCUT2D eigenvalue weighted by Gasteiger charge is 2.50. The summed E-state index contributed by atoms with van der Waals surface area (Å²) in [6, 6.07) is 18.9. The van der Waals surface area contributed by atoms with E-state index in [1.54, 1.807) is 37.4 Å². The smallest absolute Gasteiger partial charge is 0.312 e. The number of aromatic nitrogens is 3. The summed E-state index contributed by atoms with van der Waals surface area (Å²) in [5.41, 5.74) is 4.07. The zero-order chi connectivity index (χ0) is 48.0. The number of sulfonamides is 1. The van der Waals surface area contributed by atoms with Crippen LogP contribution in [-0.4, -0.2) is 95.2 Å². The summed E-state index contributed by atoms with van der Waals surface area (Å²) >= 11 is 0. The molecule has 0 radical (unpaired) electrons. The summed E-state index contributed by atoms with van der Waals surface area (Å²) in [6.07, 6.45) is 12.6. The van der Waals surface area contributed by atoms with Crippen molar-refractivity contribution in [2.24, 2.45) is 16.7 Å². The molecule has 68 heavy (non-hydrogen) atoms. The van der Waals surface area contributed by atoms with Gasteiger partial charge in [-0.3, -0.25) is 24.6 Å². The number of H-pyrrole nitrogens is 1. The van der Waals surface area contributed by atoms with Crippen LogP contribution in [0.5, 0.6) is 11.5 Å². The van der Waals surface area contributed by atoms with Gasteiger partial charge in [0.05, 0.1) is 28.9 Å². The van der Waals surface area contributed by atoms with Gasteiger partial charge in [-0.1, -0.05) is 52.0 Å². The van der Waals surface area contributed by atoms with Crippen molar-refractivity contribution in [1.29, 1.82) is 0 Å². The number of nitrogens with zero attached hydrogens (tertiary/aromatic N) is 6. The van der Waals surface area contributed by atoms with Crippen molar-refractivity contribution >= 4 is 50.1 Å². The standard InChI is InChI=1S/C51H63N9O7S/c1-33(2)41-8-6-7-9-42(41)45-32-58(34(3)61)22-23-59(45)38-27-51(28-38)17-20-57(21-18-51)37-10-11-43(46(25-37)67-39-24-36-14-19-52-47(36)54-30-39)49(62)56-68(65,66)40-26-44(60(63)64)48(55-31-40)53-29-35-12-15-50(4,5)16-13-35/h6-11,14,19,24-26,30-31,33,35,38,45H,12-13,15-18,20-23,27-29,32H2,1-5H3,(H,52,54)(H,53,55)(H,56,62)/t45-/m1/s1. The highest BCUT2D eigenvalue weighted by Crippen LogP contribution is 2.53. The number of carbonyl (C=O) groups excluding carboxylic acids is 2. The summed E-state index contributed by atoms with van der Waals surface area (Å²) in [7, 11) is -4.62. The number of carbonyl (C=O) groups is 2. The third-order valence-corrected chi connectivity index (χ3v) is 16.5. The van der Waals surface area contributed by atoms with E-state index in [9.17, 15) is 28.1 Å². The minimum Gasteiger partial charge on any atom is -0.455 e. The number of piperazine rings is 1. The van der Waals surface area contributed by atoms with Gasteiger partial charge in [-0.05, 0) is 109 Å². The Kier molecular flexibility index (Phi) is 13.0. The van der Waals surface area contributed by atoms with Crippen molar-refractivity contribution < 1.29 is 27.7 Å². The first-order chi connectivity index (χ1) is 32.5. The number of hydrogen-bond acceptors (Lipinski definition) is 12. The summed E-state index contributed by atoms with van der Waals surface area (Å²) in [4.78, 5) is 56.2. The van der Waals surface area contributed by atoms with Gasteiger partial charge in [0, 0.05) is 81.6 Å². The average molecular weight is 946 g/mol. The highest BCUT2D eigenvalue weighted by atomic mass is 32.2. The number of fused-ring (bicyclic) bond motifs is 1. The average Bonchev–Trinajstić information content (AvgIpc) is 3.78. The van der Waals surface area contributed by atoms with Crippen molar-refractivity contribution in [3.05, 3.63) is 106 Å². The molecule has 1 atom stereocenters. The summed E-state index contributed by atoms with van der Waals surface area (Å²) in [5, 5.41) is 16.0. The molecule has 9 rings (SSSR count). The minimum atomic E-state index is -4.62. The van der Waals surface area contributed by atoms with Crippen LogP contribution in [0, 0.1) is 26.9 Å². The molecule has 2 saturated heterocycles. The topological polar surface area (TPSA) is 196 Å². The van der Waals surface area contributed by atoms with Gasteiger partial charge in [0.2, 0.25) is 11.7 Å². The Balaban J connectivity index is 0.901. The van der Waals surface area contributed by atoms with Crippen LogP contribution in [0.3, 0.4) is 0 Å². The first-order valence-electron chi connectivity index (χ1n) is 24.0. The minimum absolute atomic E-state index is 0.0220. The number of piperidine rings is 1. The normalized spacial score (nSPS) is 20.1. The maximum absolute atomic E-state index is 14.0. The van der Waals surface area contributed by atoms with Gasteiger partial charge in [0.1, 0.15) is 22.0 Å². The lowest BCUT2D eigenvalue weighted by Gasteiger charge is -2.58. The molecule has 17 heteroatoms. The first kappa shape index (κ1) is 47.0. The van der Waals surface area contributed by atoms with E-state index in [2.05, 4.69) is 86.8 Å². The number of anilines is 2. The van der Waals surface area contributed by atoms with Crippen molar-refractivity contribution in [2.75, 3.05) is 49.5 Å². The van der Waals surface area contributed by atoms with E-state index >= 15 is 0 Å². The molecule has 4 aliphatic rings. The second-order valence-corrected chi connectivity index (χ2v) is 22.3. The van der Waals surface area contributed by atoms with E-state index in [1.165, 1.54) is 17.3 Å². The molecule has 0 bridgehead atoms. The van der Waals surface area contributed by atoms with Gasteiger partial charge in [0.25, 0.3) is 15.9 Å². The molecule has 5 heterocycles. The van der Waals surface area contributed by atoms with Gasteiger partial charge in [-0.15, -0.1) is 0 Å². The Morgan fingerprint density at radius 3 is 2.43 bits per heavy atom. The third kappa shape index (κ3) is 9.91. The predicted molar refractivity (Wildman–Crippen MR) is 262 cm³/mol. The molecule has 0 unspecified atom stereocenters. The number of ether oxygens (including phenoxy) is 1. The molecule has 3 N–H and O–H groups in total. The van der Waals surface area contributed by atoms with E-state index in [-0.39, 0.29) is 39.9 Å². The molecule has 16 nitrogen and oxygen atoms in total. The summed E-state index contributed by atoms with van der Waals surface area (Å²) < 4.78 is 36.0. The van der Waals surface area contributed by atoms with Crippen LogP contribution in [0.15, 0.2) is 84.1 Å². The quantitative estimate of drug-likeness (QED) is 0.0749. The molecule has 1 spiro atoms. The molecule has 2 aliphatic heterocycles. The van der Waals surface area contributed by atoms with E-state index < -0.39 is 31.4 Å². The molecule has 3 aromatic heterocycles. The van der Waals surface area contributed by atoms with E-state index in [4.69, 9.17) is 4.74 Å². The van der Waals surface area contributed by atoms with Crippen molar-refractivity contribution in [3.63, 3.8) is 0 Å². The van der Waals surface area contributed by atoms with Crippen LogP contribution in [0.2, 0.25) is 0 Å². The van der Waals surface area contributed by atoms with Gasteiger partial charge >= 0.3 is 5.69 Å². The molecular formula is C51H63N9O7S. The number of amides is 2. The van der Waals surface area contributed by atoms with E-state index in [0.29, 0.717) is 42.4 Å². The lowest BCUT2D eigenvalue weighted by molar-refractivity contribution is -0.384. The molecule has 2 aromatic carbocycles. The number of rotatable bonds is 13. The maximum atomic E-state index is 14.0. The second kappa shape index (κ2) is 18.8. The fourth-order valence-corrected chi connectivity index (χ4v) is 12.0. The molecule has 2 aliphatic carbocycles. The van der Waals surface area contributed by atoms with Gasteiger partial charge in [0.15, 0.2) is 0 Å². The number of pyridine rings is 2. The molecule has 360 valence electrons. The molecule has 5 aromatic rings. The van der Waals surface area contributed by atoms with Crippen LogP contribution in [0.1, 0.15) is 119 Å². The summed E-state index contributed by atoms with van der Waals surface area (Å²) in [6.45, 7) is 14.9. The first-order valence-corrected chi connectivity index (χ1v) is 25.5. The molecule has 4 fully saturated rings. The Morgan fingerprint density at radius 2 is 1.71 bits per heavy atom. The van der Waals surface area contributed by atoms with Crippen molar-refractivity contribution in [3.8, 4) is 11.5 Å². The Morgan fingerprint density at radius 1 is 0.956 bits per heavy atom. The largest absolute Gasteiger partial charge is 0.455 e. The van der Waals surface area contributed by atoms with Crippen LogP contribution < -0.4 is 19.7 Å². The van der Waals surface area contributed by atoms with Gasteiger partial charge in [-0.25, -0.2) is 23.1 Å². The predicted octanol–water partition coefficient (Wildman–Crippen LogP) is 9.18. The Labute approximate surface area is 398 Å². The monoisotopic (exact) mass is 945 g/mol. The Hall–Kier alpha value is -6.07. The maximum Gasteiger partial charge on any atom is 0.312 e. The van der Waals surface area contributed by atoms with Crippen LogP contribution in [-0.2, 0) is 14.8 Å². The summed E-state index contributed by atoms with van der Waals surface area (Å²) in [5.74, 6) is 0.296. The number of nitro groups is 1. The molecular weight excluding hydrogens is 883 g/mol. The fraction of sp³-hybridized carbons (Fsp3) is 0.490. The van der Waals surface area contributed by atoms with E-state index in [1.807, 2.05) is 11.0 Å². The highest BCUT2D eigenvalue weighted by molar-refractivity contribution is 7.90. The Bertz CT molecular complexity index is 2800. The fourth-order valence-electron chi connectivity index (χ4n) is 11.0. The lowest BCUT2D eigenvalue weighted by Crippen LogP contribution is -2.60. The lowest BCUT2D eigenvalue weighted by atomic mass is 9.59. The number of nitrogens with one attached hydrogen (secondary N) is 3. The van der Waals surface area contributed by atoms with Crippen LogP contribution >= 0.6 is 0 Å². The van der Waals surface area contributed by atoms with Crippen molar-refractivity contribution in [1.82, 2.24) is 29.5 Å². The van der Waals surface area contributed by atoms with Crippen LogP contribution in [0.25, 0.3) is 11.0 Å². The third-order valence-electron chi connectivity index (χ3n) is 15.2. The zero-order valence-corrected chi connectivity index (χ0v) is 40.5. The number of hydrogen-bond donors (Lipinski definition) is 3. The van der Waals surface area contributed by atoms with Crippen LogP contribution in [0.4, 0.5) is 17.2 Å². The molecule has 2 saturated carbocycles. The van der Waals surface area contributed by atoms with Gasteiger partial charge in [-0.2, -0.15) is 0 Å². The van der Waals surface area contributed by atoms with E-state index in [0.717, 1.165) is 101 Å². The zero-order valence-electron chi connectivity index (χ0n) is 39.7.